The molecule has 120 valence electrons. The number of piperazine rings is 1. The van der Waals surface area contributed by atoms with Crippen molar-refractivity contribution < 1.29 is 0 Å². The number of thiazole rings is 1. The van der Waals surface area contributed by atoms with E-state index in [0.717, 1.165) is 44.4 Å². The summed E-state index contributed by atoms with van der Waals surface area (Å²) in [5, 5.41) is 1.16. The fourth-order valence-corrected chi connectivity index (χ4v) is 3.73. The van der Waals surface area contributed by atoms with Gasteiger partial charge in [-0.25, -0.2) is 4.98 Å². The van der Waals surface area contributed by atoms with Crippen LogP contribution >= 0.6 is 11.3 Å². The summed E-state index contributed by atoms with van der Waals surface area (Å²) >= 11 is 1.78. The number of likely N-dealkylation sites (N-methyl/N-ethyl adjacent to an activating group) is 1. The van der Waals surface area contributed by atoms with E-state index in [1.165, 1.54) is 10.6 Å². The number of aromatic nitrogens is 1. The summed E-state index contributed by atoms with van der Waals surface area (Å²) in [5.74, 6) is 0.454. The van der Waals surface area contributed by atoms with Crippen LogP contribution in [0.3, 0.4) is 0 Å². The van der Waals surface area contributed by atoms with Crippen LogP contribution in [-0.4, -0.2) is 68.1 Å². The molecule has 1 fully saturated rings. The number of hydrogen-bond donors (Lipinski definition) is 1. The highest BCUT2D eigenvalue weighted by Crippen LogP contribution is 2.30. The number of rotatable bonds is 6. The molecule has 21 heavy (non-hydrogen) atoms. The van der Waals surface area contributed by atoms with Crippen molar-refractivity contribution in [2.24, 2.45) is 5.73 Å². The van der Waals surface area contributed by atoms with Crippen LogP contribution < -0.4 is 10.6 Å². The Labute approximate surface area is 132 Å². The molecule has 0 bridgehead atoms. The van der Waals surface area contributed by atoms with Crippen molar-refractivity contribution >= 4 is 16.5 Å². The third kappa shape index (κ3) is 4.39. The quantitative estimate of drug-likeness (QED) is 0.861. The maximum absolute atomic E-state index is 5.86. The molecule has 0 radical (unpaired) electrons. The molecule has 1 aliphatic rings. The summed E-state index contributed by atoms with van der Waals surface area (Å²) in [6.07, 6.45) is 0. The van der Waals surface area contributed by atoms with Gasteiger partial charge in [0.25, 0.3) is 0 Å². The molecule has 0 saturated carbocycles. The van der Waals surface area contributed by atoms with Crippen LogP contribution in [0, 0.1) is 0 Å². The predicted molar refractivity (Wildman–Crippen MR) is 91.3 cm³/mol. The van der Waals surface area contributed by atoms with Gasteiger partial charge in [0.15, 0.2) is 5.13 Å². The fourth-order valence-electron chi connectivity index (χ4n) is 2.59. The molecule has 0 spiro atoms. The van der Waals surface area contributed by atoms with Crippen molar-refractivity contribution in [1.82, 2.24) is 14.8 Å². The Kier molecular flexibility index (Phi) is 5.98. The van der Waals surface area contributed by atoms with Crippen LogP contribution in [0.25, 0.3) is 0 Å². The van der Waals surface area contributed by atoms with E-state index in [4.69, 9.17) is 10.7 Å². The van der Waals surface area contributed by atoms with Crippen molar-refractivity contribution in [2.45, 2.75) is 26.3 Å². The van der Waals surface area contributed by atoms with Gasteiger partial charge in [-0.05, 0) is 20.0 Å². The highest BCUT2D eigenvalue weighted by atomic mass is 32.1. The molecule has 1 saturated heterocycles. The Balaban J connectivity index is 1.93. The average molecular weight is 311 g/mol. The van der Waals surface area contributed by atoms with E-state index in [1.54, 1.807) is 11.3 Å². The lowest BCUT2D eigenvalue weighted by Gasteiger charge is -2.35. The maximum Gasteiger partial charge on any atom is 0.185 e. The molecule has 0 aliphatic carbocycles. The minimum Gasteiger partial charge on any atom is -0.346 e. The Hall–Kier alpha value is -0.690. The normalized spacial score (nSPS) is 17.2. The number of hydrogen-bond acceptors (Lipinski definition) is 6. The first-order chi connectivity index (χ1) is 10.0. The molecule has 1 aromatic rings. The van der Waals surface area contributed by atoms with Crippen molar-refractivity contribution in [2.75, 3.05) is 58.3 Å². The molecular weight excluding hydrogens is 282 g/mol. The summed E-state index contributed by atoms with van der Waals surface area (Å²) in [6, 6.07) is 0. The smallest absolute Gasteiger partial charge is 0.185 e. The van der Waals surface area contributed by atoms with Gasteiger partial charge in [-0.3, -0.25) is 4.90 Å². The fraction of sp³-hybridized carbons (Fsp3) is 0.800. The molecule has 1 aromatic heterocycles. The van der Waals surface area contributed by atoms with E-state index in [9.17, 15) is 0 Å². The molecule has 0 unspecified atom stereocenters. The van der Waals surface area contributed by atoms with Crippen LogP contribution in [0.1, 0.15) is 30.3 Å². The molecule has 6 heteroatoms. The SMILES string of the molecule is CC(C)c1nc(N2CCN(CCN(C)C)CC2)sc1CN. The summed E-state index contributed by atoms with van der Waals surface area (Å²) in [6.45, 7) is 11.7. The second-order valence-electron chi connectivity index (χ2n) is 6.30. The van der Waals surface area contributed by atoms with Gasteiger partial charge in [0.1, 0.15) is 0 Å². The van der Waals surface area contributed by atoms with Crippen LogP contribution in [0.2, 0.25) is 0 Å². The van der Waals surface area contributed by atoms with Crippen LogP contribution in [0.4, 0.5) is 5.13 Å². The molecule has 1 aliphatic heterocycles. The van der Waals surface area contributed by atoms with Crippen LogP contribution in [-0.2, 0) is 6.54 Å². The first-order valence-corrected chi connectivity index (χ1v) is 8.64. The molecule has 2 rings (SSSR count). The van der Waals surface area contributed by atoms with Crippen molar-refractivity contribution in [1.29, 1.82) is 0 Å². The van der Waals surface area contributed by atoms with Gasteiger partial charge >= 0.3 is 0 Å². The lowest BCUT2D eigenvalue weighted by molar-refractivity contribution is 0.229. The topological polar surface area (TPSA) is 48.6 Å². The van der Waals surface area contributed by atoms with Gasteiger partial charge in [-0.2, -0.15) is 0 Å². The molecular formula is C15H29N5S. The predicted octanol–water partition coefficient (Wildman–Crippen LogP) is 1.41. The maximum atomic E-state index is 5.86. The number of anilines is 1. The second-order valence-corrected chi connectivity index (χ2v) is 7.36. The van der Waals surface area contributed by atoms with Crippen molar-refractivity contribution in [3.63, 3.8) is 0 Å². The largest absolute Gasteiger partial charge is 0.346 e. The Morgan fingerprint density at radius 1 is 1.24 bits per heavy atom. The first kappa shape index (κ1) is 16.7. The lowest BCUT2D eigenvalue weighted by atomic mass is 10.1. The van der Waals surface area contributed by atoms with E-state index in [2.05, 4.69) is 42.6 Å². The van der Waals surface area contributed by atoms with Gasteiger partial charge in [0.2, 0.25) is 0 Å². The Morgan fingerprint density at radius 3 is 2.38 bits per heavy atom. The first-order valence-electron chi connectivity index (χ1n) is 7.83. The van der Waals surface area contributed by atoms with E-state index in [1.807, 2.05) is 0 Å². The molecule has 0 aromatic carbocycles. The molecule has 2 N–H and O–H groups in total. The Morgan fingerprint density at radius 2 is 1.90 bits per heavy atom. The van der Waals surface area contributed by atoms with E-state index < -0.39 is 0 Å². The minimum atomic E-state index is 0.454. The number of nitrogens with zero attached hydrogens (tertiary/aromatic N) is 4. The van der Waals surface area contributed by atoms with E-state index in [-0.39, 0.29) is 0 Å². The highest BCUT2D eigenvalue weighted by Gasteiger charge is 2.21. The Bertz CT molecular complexity index is 435. The monoisotopic (exact) mass is 311 g/mol. The molecule has 0 atom stereocenters. The van der Waals surface area contributed by atoms with Crippen LogP contribution in [0.15, 0.2) is 0 Å². The summed E-state index contributed by atoms with van der Waals surface area (Å²) in [7, 11) is 4.27. The van der Waals surface area contributed by atoms with Gasteiger partial charge in [0, 0.05) is 50.7 Å². The second kappa shape index (κ2) is 7.54. The highest BCUT2D eigenvalue weighted by molar-refractivity contribution is 7.15. The third-order valence-corrected chi connectivity index (χ3v) is 5.11. The zero-order valence-corrected chi connectivity index (χ0v) is 14.6. The van der Waals surface area contributed by atoms with Gasteiger partial charge in [-0.1, -0.05) is 13.8 Å². The van der Waals surface area contributed by atoms with Gasteiger partial charge in [0.05, 0.1) is 5.69 Å². The molecule has 5 nitrogen and oxygen atoms in total. The number of nitrogens with two attached hydrogens (primary N) is 1. The lowest BCUT2D eigenvalue weighted by Crippen LogP contribution is -2.48. The molecule has 2 heterocycles. The summed E-state index contributed by atoms with van der Waals surface area (Å²) in [4.78, 5) is 13.3. The zero-order valence-electron chi connectivity index (χ0n) is 13.8. The molecule has 0 amide bonds. The third-order valence-electron chi connectivity index (χ3n) is 3.95. The summed E-state index contributed by atoms with van der Waals surface area (Å²) < 4.78 is 0. The van der Waals surface area contributed by atoms with Crippen molar-refractivity contribution in [3.05, 3.63) is 10.6 Å². The zero-order chi connectivity index (χ0) is 15.4. The standard InChI is InChI=1S/C15H29N5S/c1-12(2)14-13(11-16)21-15(17-14)20-9-7-19(8-10-20)6-5-18(3)4/h12H,5-11,16H2,1-4H3. The summed E-state index contributed by atoms with van der Waals surface area (Å²) in [5.41, 5.74) is 7.05. The van der Waals surface area contributed by atoms with Crippen molar-refractivity contribution in [3.8, 4) is 0 Å². The minimum absolute atomic E-state index is 0.454. The van der Waals surface area contributed by atoms with Crippen LogP contribution in [0.5, 0.6) is 0 Å². The van der Waals surface area contributed by atoms with Gasteiger partial charge < -0.3 is 15.5 Å². The van der Waals surface area contributed by atoms with E-state index >= 15 is 0 Å². The van der Waals surface area contributed by atoms with Gasteiger partial charge in [-0.15, -0.1) is 11.3 Å². The average Bonchev–Trinajstić information content (AvgIpc) is 2.90. The van der Waals surface area contributed by atoms with E-state index in [0.29, 0.717) is 12.5 Å².